The Kier molecular flexibility index (Phi) is 5.47. The average molecular weight is 232 g/mol. The van der Waals surface area contributed by atoms with E-state index in [0.29, 0.717) is 0 Å². The summed E-state index contributed by atoms with van der Waals surface area (Å²) in [6.07, 6.45) is 4.03. The largest absolute Gasteiger partial charge is 0.481 e. The molecule has 3 atom stereocenters. The minimum atomic E-state index is -0.649. The molecular weight excluding hydrogens is 212 g/mol. The summed E-state index contributed by atoms with van der Waals surface area (Å²) in [5.41, 5.74) is 0. The summed E-state index contributed by atoms with van der Waals surface area (Å²) in [6, 6.07) is 0. The Bertz CT molecular complexity index is 208. The molecule has 0 aromatic heterocycles. The van der Waals surface area contributed by atoms with E-state index in [4.69, 9.17) is 10.2 Å². The Morgan fingerprint density at radius 2 is 2.13 bits per heavy atom. The molecule has 3 nitrogen and oxygen atoms in total. The number of hydrogen-bond donors (Lipinski definition) is 2. The van der Waals surface area contributed by atoms with Crippen LogP contribution in [0.4, 0.5) is 0 Å². The van der Waals surface area contributed by atoms with Crippen molar-refractivity contribution in [3.05, 3.63) is 0 Å². The van der Waals surface area contributed by atoms with Crippen molar-refractivity contribution in [1.82, 2.24) is 0 Å². The molecule has 1 aliphatic rings. The zero-order valence-electron chi connectivity index (χ0n) is 9.19. The highest BCUT2D eigenvalue weighted by atomic mass is 32.2. The summed E-state index contributed by atoms with van der Waals surface area (Å²) in [7, 11) is 0. The van der Waals surface area contributed by atoms with Gasteiger partial charge in [0.1, 0.15) is 0 Å². The van der Waals surface area contributed by atoms with Gasteiger partial charge in [-0.3, -0.25) is 4.79 Å². The van der Waals surface area contributed by atoms with E-state index in [1.165, 1.54) is 0 Å². The molecule has 15 heavy (non-hydrogen) atoms. The van der Waals surface area contributed by atoms with Gasteiger partial charge in [0, 0.05) is 11.9 Å². The van der Waals surface area contributed by atoms with Gasteiger partial charge < -0.3 is 10.2 Å². The summed E-state index contributed by atoms with van der Waals surface area (Å²) in [4.78, 5) is 11.0. The van der Waals surface area contributed by atoms with Crippen LogP contribution in [0.3, 0.4) is 0 Å². The van der Waals surface area contributed by atoms with Crippen molar-refractivity contribution < 1.29 is 15.0 Å². The molecule has 0 aromatic rings. The molecule has 2 N–H and O–H groups in total. The van der Waals surface area contributed by atoms with Gasteiger partial charge in [0.25, 0.3) is 0 Å². The van der Waals surface area contributed by atoms with Gasteiger partial charge in [-0.1, -0.05) is 19.8 Å². The quantitative estimate of drug-likeness (QED) is 0.761. The number of aliphatic carboxylic acids is 1. The normalized spacial score (nSPS) is 28.7. The van der Waals surface area contributed by atoms with E-state index in [9.17, 15) is 4.79 Å². The lowest BCUT2D eigenvalue weighted by Gasteiger charge is -2.28. The summed E-state index contributed by atoms with van der Waals surface area (Å²) < 4.78 is 0. The number of aliphatic hydroxyl groups excluding tert-OH is 1. The van der Waals surface area contributed by atoms with Crippen LogP contribution in [0.5, 0.6) is 0 Å². The third kappa shape index (κ3) is 4.03. The Balaban J connectivity index is 2.39. The van der Waals surface area contributed by atoms with Crippen LogP contribution in [0.15, 0.2) is 0 Å². The Labute approximate surface area is 95.3 Å². The van der Waals surface area contributed by atoms with Gasteiger partial charge >= 0.3 is 5.97 Å². The first kappa shape index (κ1) is 12.8. The number of carbonyl (C=O) groups is 1. The smallest absolute Gasteiger partial charge is 0.307 e. The number of rotatable bonds is 5. The molecule has 1 rings (SSSR count). The molecule has 3 unspecified atom stereocenters. The van der Waals surface area contributed by atoms with Crippen LogP contribution in [0.1, 0.15) is 32.6 Å². The Hall–Kier alpha value is -0.220. The first-order valence-corrected chi connectivity index (χ1v) is 6.65. The predicted octanol–water partition coefficient (Wildman–Crippen LogP) is 1.99. The van der Waals surface area contributed by atoms with E-state index < -0.39 is 5.97 Å². The average Bonchev–Trinajstić information content (AvgIpc) is 2.26. The van der Waals surface area contributed by atoms with E-state index in [1.54, 1.807) is 11.8 Å². The molecule has 4 heteroatoms. The maximum atomic E-state index is 11.0. The second kappa shape index (κ2) is 6.38. The van der Waals surface area contributed by atoms with Gasteiger partial charge in [-0.2, -0.15) is 11.8 Å². The van der Waals surface area contributed by atoms with Gasteiger partial charge in [-0.05, 0) is 24.5 Å². The number of thioether (sulfide) groups is 1. The van der Waals surface area contributed by atoms with Crippen LogP contribution in [0.2, 0.25) is 0 Å². The van der Waals surface area contributed by atoms with Gasteiger partial charge in [-0.25, -0.2) is 0 Å². The minimum Gasteiger partial charge on any atom is -0.481 e. The molecule has 0 heterocycles. The first-order valence-electron chi connectivity index (χ1n) is 5.60. The van der Waals surface area contributed by atoms with Crippen molar-refractivity contribution >= 4 is 17.7 Å². The van der Waals surface area contributed by atoms with Crippen LogP contribution < -0.4 is 0 Å². The molecule has 0 aliphatic heterocycles. The highest BCUT2D eigenvalue weighted by Crippen LogP contribution is 2.34. The van der Waals surface area contributed by atoms with Crippen molar-refractivity contribution in [2.24, 2.45) is 11.8 Å². The molecular formula is C11H20O3S. The molecule has 0 aromatic carbocycles. The van der Waals surface area contributed by atoms with Crippen molar-refractivity contribution in [1.29, 1.82) is 0 Å². The van der Waals surface area contributed by atoms with Gasteiger partial charge in [-0.15, -0.1) is 0 Å². The highest BCUT2D eigenvalue weighted by molar-refractivity contribution is 7.99. The van der Waals surface area contributed by atoms with Crippen LogP contribution in [-0.4, -0.2) is 33.8 Å². The van der Waals surface area contributed by atoms with Gasteiger partial charge in [0.2, 0.25) is 0 Å². The van der Waals surface area contributed by atoms with E-state index >= 15 is 0 Å². The van der Waals surface area contributed by atoms with Crippen LogP contribution in [-0.2, 0) is 4.79 Å². The molecule has 1 aliphatic carbocycles. The van der Waals surface area contributed by atoms with E-state index in [1.807, 2.05) is 6.92 Å². The topological polar surface area (TPSA) is 57.5 Å². The standard InChI is InChI=1S/C11H20O3S/c1-8(6-12)7-15-10-5-3-2-4-9(10)11(13)14/h8-10,12H,2-7H2,1H3,(H,13,14). The summed E-state index contributed by atoms with van der Waals surface area (Å²) in [5.74, 6) is 0.315. The SMILES string of the molecule is CC(CO)CSC1CCCCC1C(=O)O. The van der Waals surface area contributed by atoms with Crippen molar-refractivity contribution in [2.75, 3.05) is 12.4 Å². The lowest BCUT2D eigenvalue weighted by atomic mass is 9.89. The summed E-state index contributed by atoms with van der Waals surface area (Å²) in [6.45, 7) is 2.18. The fourth-order valence-electron chi connectivity index (χ4n) is 1.92. The Morgan fingerprint density at radius 1 is 1.47 bits per heavy atom. The van der Waals surface area contributed by atoms with Crippen LogP contribution in [0, 0.1) is 11.8 Å². The molecule has 0 bridgehead atoms. The van der Waals surface area contributed by atoms with Crippen molar-refractivity contribution in [3.8, 4) is 0 Å². The highest BCUT2D eigenvalue weighted by Gasteiger charge is 2.31. The van der Waals surface area contributed by atoms with Crippen LogP contribution >= 0.6 is 11.8 Å². The minimum absolute atomic E-state index is 0.172. The fraction of sp³-hybridized carbons (Fsp3) is 0.909. The number of carboxylic acid groups (broad SMARTS) is 1. The van der Waals surface area contributed by atoms with E-state index in [-0.39, 0.29) is 23.7 Å². The zero-order chi connectivity index (χ0) is 11.3. The van der Waals surface area contributed by atoms with Gasteiger partial charge in [0.15, 0.2) is 0 Å². The van der Waals surface area contributed by atoms with Gasteiger partial charge in [0.05, 0.1) is 5.92 Å². The molecule has 0 saturated heterocycles. The molecule has 0 amide bonds. The number of hydrogen-bond acceptors (Lipinski definition) is 3. The maximum Gasteiger partial charge on any atom is 0.307 e. The van der Waals surface area contributed by atoms with E-state index in [0.717, 1.165) is 31.4 Å². The zero-order valence-corrected chi connectivity index (χ0v) is 10.0. The number of carboxylic acids is 1. The Morgan fingerprint density at radius 3 is 2.73 bits per heavy atom. The second-order valence-corrected chi connectivity index (χ2v) is 5.66. The second-order valence-electron chi connectivity index (χ2n) is 4.39. The number of aliphatic hydroxyl groups is 1. The van der Waals surface area contributed by atoms with E-state index in [2.05, 4.69) is 0 Å². The van der Waals surface area contributed by atoms with Crippen molar-refractivity contribution in [2.45, 2.75) is 37.9 Å². The lowest BCUT2D eigenvalue weighted by Crippen LogP contribution is -2.29. The molecule has 1 fully saturated rings. The summed E-state index contributed by atoms with van der Waals surface area (Å²) >= 11 is 1.73. The maximum absolute atomic E-state index is 11.0. The molecule has 88 valence electrons. The lowest BCUT2D eigenvalue weighted by molar-refractivity contribution is -0.142. The van der Waals surface area contributed by atoms with Crippen LogP contribution in [0.25, 0.3) is 0 Å². The molecule has 0 radical (unpaired) electrons. The predicted molar refractivity (Wildman–Crippen MR) is 62.1 cm³/mol. The summed E-state index contributed by atoms with van der Waals surface area (Å²) in [5, 5.41) is 18.2. The third-order valence-corrected chi connectivity index (χ3v) is 4.68. The monoisotopic (exact) mass is 232 g/mol. The molecule has 0 spiro atoms. The first-order chi connectivity index (χ1) is 7.15. The third-order valence-electron chi connectivity index (χ3n) is 2.93. The molecule has 1 saturated carbocycles. The van der Waals surface area contributed by atoms with Crippen molar-refractivity contribution in [3.63, 3.8) is 0 Å². The fourth-order valence-corrected chi connectivity index (χ4v) is 3.42.